The van der Waals surface area contributed by atoms with Crippen molar-refractivity contribution < 1.29 is 9.13 Å². The van der Waals surface area contributed by atoms with Gasteiger partial charge in [0.25, 0.3) is 0 Å². The van der Waals surface area contributed by atoms with Crippen LogP contribution in [0.15, 0.2) is 72.8 Å². The molecule has 0 spiro atoms. The van der Waals surface area contributed by atoms with E-state index in [0.29, 0.717) is 22.9 Å². The van der Waals surface area contributed by atoms with Gasteiger partial charge >= 0.3 is 0 Å². The molecular weight excluding hydrogens is 372 g/mol. The number of benzene rings is 3. The molecule has 0 heterocycles. The summed E-state index contributed by atoms with van der Waals surface area (Å²) >= 11 is 6.11. The van der Waals surface area contributed by atoms with Crippen LogP contribution >= 0.6 is 24.0 Å². The molecule has 0 radical (unpaired) electrons. The Hall–Kier alpha value is -2.07. The molecule has 0 aromatic heterocycles. The second-order valence-corrected chi connectivity index (χ2v) is 6.16. The summed E-state index contributed by atoms with van der Waals surface area (Å²) < 4.78 is 19.6. The summed E-state index contributed by atoms with van der Waals surface area (Å²) in [6.07, 6.45) is 0. The minimum absolute atomic E-state index is 0. The summed E-state index contributed by atoms with van der Waals surface area (Å²) in [7, 11) is 0. The summed E-state index contributed by atoms with van der Waals surface area (Å²) in [5.74, 6) is 0.438. The molecule has 136 valence electrons. The van der Waals surface area contributed by atoms with Crippen molar-refractivity contribution in [1.29, 1.82) is 0 Å². The van der Waals surface area contributed by atoms with Crippen molar-refractivity contribution >= 4 is 24.0 Å². The zero-order valence-corrected chi connectivity index (χ0v) is 15.7. The standard InChI is InChI=1S/C21H19ClFNO.ClH/c22-19-10-11-21(25-15-17-8-4-5-9-20(17)23)18(12-19)14-24-13-16-6-2-1-3-7-16;/h1-12,24H,13-15H2;1H. The Morgan fingerprint density at radius 2 is 1.58 bits per heavy atom. The highest BCUT2D eigenvalue weighted by atomic mass is 35.5. The summed E-state index contributed by atoms with van der Waals surface area (Å²) in [5, 5.41) is 4.03. The van der Waals surface area contributed by atoms with Crippen LogP contribution in [-0.4, -0.2) is 0 Å². The first-order valence-electron chi connectivity index (χ1n) is 8.11. The molecule has 3 aromatic rings. The minimum Gasteiger partial charge on any atom is -0.488 e. The van der Waals surface area contributed by atoms with Crippen LogP contribution in [0.2, 0.25) is 5.02 Å². The van der Waals surface area contributed by atoms with E-state index in [1.807, 2.05) is 30.3 Å². The molecule has 0 aliphatic heterocycles. The van der Waals surface area contributed by atoms with Crippen LogP contribution in [0.5, 0.6) is 5.75 Å². The Morgan fingerprint density at radius 3 is 2.35 bits per heavy atom. The maximum absolute atomic E-state index is 13.7. The second kappa shape index (κ2) is 10.2. The second-order valence-electron chi connectivity index (χ2n) is 5.72. The number of hydrogen-bond donors (Lipinski definition) is 1. The van der Waals surface area contributed by atoms with Gasteiger partial charge in [-0.15, -0.1) is 12.4 Å². The molecule has 1 N–H and O–H groups in total. The maximum atomic E-state index is 13.7. The van der Waals surface area contributed by atoms with Crippen LogP contribution < -0.4 is 10.1 Å². The Bertz CT molecular complexity index is 827. The van der Waals surface area contributed by atoms with Gasteiger partial charge in [-0.05, 0) is 29.8 Å². The average Bonchev–Trinajstić information content (AvgIpc) is 2.63. The zero-order chi connectivity index (χ0) is 17.5. The number of ether oxygens (including phenoxy) is 1. The Balaban J connectivity index is 0.00000243. The number of rotatable bonds is 7. The molecule has 0 saturated carbocycles. The molecule has 0 aliphatic carbocycles. The van der Waals surface area contributed by atoms with Crippen LogP contribution in [0.3, 0.4) is 0 Å². The smallest absolute Gasteiger partial charge is 0.129 e. The minimum atomic E-state index is -0.264. The van der Waals surface area contributed by atoms with Crippen LogP contribution in [0.25, 0.3) is 0 Å². The van der Waals surface area contributed by atoms with Crippen molar-refractivity contribution in [3.8, 4) is 5.75 Å². The van der Waals surface area contributed by atoms with Crippen LogP contribution in [0.4, 0.5) is 4.39 Å². The molecule has 3 aromatic carbocycles. The van der Waals surface area contributed by atoms with E-state index in [0.717, 1.165) is 12.1 Å². The predicted molar refractivity (Wildman–Crippen MR) is 106 cm³/mol. The van der Waals surface area contributed by atoms with Gasteiger partial charge in [-0.25, -0.2) is 4.39 Å². The predicted octanol–water partition coefficient (Wildman–Crippen LogP) is 5.77. The van der Waals surface area contributed by atoms with Crippen molar-refractivity contribution in [2.45, 2.75) is 19.7 Å². The van der Waals surface area contributed by atoms with Gasteiger partial charge in [0.1, 0.15) is 18.2 Å². The zero-order valence-electron chi connectivity index (χ0n) is 14.1. The summed E-state index contributed by atoms with van der Waals surface area (Å²) in [5.41, 5.74) is 2.68. The van der Waals surface area contributed by atoms with E-state index in [2.05, 4.69) is 17.4 Å². The van der Waals surface area contributed by atoms with Gasteiger partial charge < -0.3 is 10.1 Å². The monoisotopic (exact) mass is 391 g/mol. The van der Waals surface area contributed by atoms with Gasteiger partial charge in [0, 0.05) is 29.2 Å². The Morgan fingerprint density at radius 1 is 0.846 bits per heavy atom. The van der Waals surface area contributed by atoms with E-state index < -0.39 is 0 Å². The van der Waals surface area contributed by atoms with Gasteiger partial charge in [-0.2, -0.15) is 0 Å². The van der Waals surface area contributed by atoms with Gasteiger partial charge in [0.2, 0.25) is 0 Å². The SMILES string of the molecule is Cl.Fc1ccccc1COc1ccc(Cl)cc1CNCc1ccccc1. The summed E-state index contributed by atoms with van der Waals surface area (Å²) in [6.45, 7) is 1.54. The molecule has 26 heavy (non-hydrogen) atoms. The average molecular weight is 392 g/mol. The van der Waals surface area contributed by atoms with Crippen molar-refractivity contribution in [3.05, 3.63) is 100 Å². The quantitative estimate of drug-likeness (QED) is 0.551. The van der Waals surface area contributed by atoms with Crippen LogP contribution in [0.1, 0.15) is 16.7 Å². The first kappa shape index (κ1) is 20.2. The van der Waals surface area contributed by atoms with Crippen LogP contribution in [0, 0.1) is 5.82 Å². The highest BCUT2D eigenvalue weighted by Gasteiger charge is 2.07. The van der Waals surface area contributed by atoms with E-state index in [4.69, 9.17) is 16.3 Å². The van der Waals surface area contributed by atoms with E-state index in [1.165, 1.54) is 11.6 Å². The molecule has 5 heteroatoms. The van der Waals surface area contributed by atoms with E-state index in [-0.39, 0.29) is 24.8 Å². The van der Waals surface area contributed by atoms with Crippen molar-refractivity contribution in [1.82, 2.24) is 5.32 Å². The number of halogens is 3. The molecule has 0 unspecified atom stereocenters. The van der Waals surface area contributed by atoms with E-state index in [9.17, 15) is 4.39 Å². The van der Waals surface area contributed by atoms with Crippen molar-refractivity contribution in [3.63, 3.8) is 0 Å². The molecular formula is C21H20Cl2FNO. The van der Waals surface area contributed by atoms with E-state index in [1.54, 1.807) is 24.3 Å². The fourth-order valence-electron chi connectivity index (χ4n) is 2.54. The largest absolute Gasteiger partial charge is 0.488 e. The molecule has 0 atom stereocenters. The lowest BCUT2D eigenvalue weighted by molar-refractivity contribution is 0.296. The highest BCUT2D eigenvalue weighted by molar-refractivity contribution is 6.30. The maximum Gasteiger partial charge on any atom is 0.129 e. The third-order valence-corrected chi connectivity index (χ3v) is 4.09. The number of nitrogens with one attached hydrogen (secondary N) is 1. The summed E-state index contributed by atoms with van der Waals surface area (Å²) in [4.78, 5) is 0. The molecule has 0 fully saturated rings. The fourth-order valence-corrected chi connectivity index (χ4v) is 2.73. The van der Waals surface area contributed by atoms with Crippen LogP contribution in [-0.2, 0) is 19.7 Å². The van der Waals surface area contributed by atoms with Gasteiger partial charge in [0.05, 0.1) is 0 Å². The third kappa shape index (κ3) is 5.73. The normalized spacial score (nSPS) is 10.2. The third-order valence-electron chi connectivity index (χ3n) is 3.85. The van der Waals surface area contributed by atoms with E-state index >= 15 is 0 Å². The van der Waals surface area contributed by atoms with Crippen molar-refractivity contribution in [2.24, 2.45) is 0 Å². The lowest BCUT2D eigenvalue weighted by Crippen LogP contribution is -2.13. The number of hydrogen-bond acceptors (Lipinski definition) is 2. The Labute approximate surface area is 164 Å². The lowest BCUT2D eigenvalue weighted by atomic mass is 10.1. The van der Waals surface area contributed by atoms with Gasteiger partial charge in [-0.3, -0.25) is 0 Å². The van der Waals surface area contributed by atoms with Gasteiger partial charge in [0.15, 0.2) is 0 Å². The lowest BCUT2D eigenvalue weighted by Gasteiger charge is -2.13. The van der Waals surface area contributed by atoms with Gasteiger partial charge in [-0.1, -0.05) is 60.1 Å². The molecule has 0 saturated heterocycles. The molecule has 0 bridgehead atoms. The highest BCUT2D eigenvalue weighted by Crippen LogP contribution is 2.24. The first-order valence-corrected chi connectivity index (χ1v) is 8.49. The molecule has 0 amide bonds. The summed E-state index contributed by atoms with van der Waals surface area (Å²) in [6, 6.07) is 22.3. The van der Waals surface area contributed by atoms with Crippen molar-refractivity contribution in [2.75, 3.05) is 0 Å². The Kier molecular flexibility index (Phi) is 7.92. The molecule has 3 rings (SSSR count). The first-order chi connectivity index (χ1) is 12.2. The fraction of sp³-hybridized carbons (Fsp3) is 0.143. The topological polar surface area (TPSA) is 21.3 Å². The molecule has 2 nitrogen and oxygen atoms in total. The molecule has 0 aliphatic rings.